The minimum Gasteiger partial charge on any atom is -0.462 e. The van der Waals surface area contributed by atoms with Crippen LogP contribution in [0.5, 0.6) is 5.75 Å². The van der Waals surface area contributed by atoms with E-state index in [9.17, 15) is 4.79 Å². The second-order valence-corrected chi connectivity index (χ2v) is 8.16. The van der Waals surface area contributed by atoms with Crippen LogP contribution in [0.25, 0.3) is 0 Å². The van der Waals surface area contributed by atoms with Gasteiger partial charge in [-0.3, -0.25) is 4.79 Å². The van der Waals surface area contributed by atoms with Crippen molar-refractivity contribution in [2.24, 2.45) is 0 Å². The molecule has 0 unspecified atom stereocenters. The van der Waals surface area contributed by atoms with Gasteiger partial charge in [-0.1, -0.05) is 30.3 Å². The van der Waals surface area contributed by atoms with E-state index >= 15 is 0 Å². The number of rotatable bonds is 3. The summed E-state index contributed by atoms with van der Waals surface area (Å²) in [5, 5.41) is 0. The van der Waals surface area contributed by atoms with E-state index in [0.29, 0.717) is 39.0 Å². The van der Waals surface area contributed by atoms with Crippen LogP contribution in [-0.2, 0) is 22.6 Å². The van der Waals surface area contributed by atoms with E-state index in [2.05, 4.69) is 25.3 Å². The lowest BCUT2D eigenvalue weighted by Crippen LogP contribution is -2.52. The standard InChI is InChI=1S/C22H25NO3S/c1-16-12-19(27-2)14-18-15-25-22(26-21(16)18)8-10-23(11-9-22)20(24)13-17-6-4-3-5-7-17/h3-7,12,14H,8-11,13,15H2,1-2H3. The third kappa shape index (κ3) is 3.85. The lowest BCUT2D eigenvalue weighted by molar-refractivity contribution is -0.228. The van der Waals surface area contributed by atoms with Gasteiger partial charge in [0.15, 0.2) is 0 Å². The monoisotopic (exact) mass is 383 g/mol. The molecule has 0 aromatic heterocycles. The molecule has 4 nitrogen and oxygen atoms in total. The first-order valence-corrected chi connectivity index (χ1v) is 10.6. The molecule has 5 heteroatoms. The maximum absolute atomic E-state index is 12.6. The van der Waals surface area contributed by atoms with Crippen LogP contribution in [0.1, 0.15) is 29.5 Å². The number of aryl methyl sites for hydroxylation is 1. The normalized spacial score (nSPS) is 18.1. The highest BCUT2D eigenvalue weighted by molar-refractivity contribution is 7.98. The van der Waals surface area contributed by atoms with Gasteiger partial charge in [0.25, 0.3) is 0 Å². The van der Waals surface area contributed by atoms with E-state index < -0.39 is 5.79 Å². The fourth-order valence-corrected chi connectivity index (χ4v) is 4.39. The van der Waals surface area contributed by atoms with E-state index in [-0.39, 0.29) is 5.91 Å². The Morgan fingerprint density at radius 2 is 1.93 bits per heavy atom. The molecule has 1 saturated heterocycles. The van der Waals surface area contributed by atoms with E-state index in [4.69, 9.17) is 9.47 Å². The molecule has 0 aliphatic carbocycles. The van der Waals surface area contributed by atoms with Crippen molar-refractivity contribution in [1.29, 1.82) is 0 Å². The van der Waals surface area contributed by atoms with Crippen molar-refractivity contribution in [3.05, 3.63) is 59.2 Å². The molecule has 1 fully saturated rings. The summed E-state index contributed by atoms with van der Waals surface area (Å²) in [6.45, 7) is 4.00. The first kappa shape index (κ1) is 18.4. The predicted molar refractivity (Wildman–Crippen MR) is 107 cm³/mol. The number of thioether (sulfide) groups is 1. The number of hydrogen-bond donors (Lipinski definition) is 0. The number of piperidine rings is 1. The topological polar surface area (TPSA) is 38.8 Å². The first-order valence-electron chi connectivity index (χ1n) is 9.41. The number of likely N-dealkylation sites (tertiary alicyclic amines) is 1. The van der Waals surface area contributed by atoms with Gasteiger partial charge >= 0.3 is 0 Å². The average molecular weight is 384 g/mol. The molecule has 0 radical (unpaired) electrons. The third-order valence-corrected chi connectivity index (χ3v) is 6.12. The molecule has 27 heavy (non-hydrogen) atoms. The van der Waals surface area contributed by atoms with Gasteiger partial charge in [0.2, 0.25) is 11.7 Å². The molecule has 2 aromatic carbocycles. The Hall–Kier alpha value is -1.98. The SMILES string of the molecule is CSc1cc(C)c2c(c1)COC1(CCN(C(=O)Cc3ccccc3)CC1)O2. The molecule has 2 aliphatic rings. The zero-order chi connectivity index (χ0) is 18.9. The van der Waals surface area contributed by atoms with Crippen LogP contribution in [0.4, 0.5) is 0 Å². The van der Waals surface area contributed by atoms with Crippen LogP contribution in [0.3, 0.4) is 0 Å². The van der Waals surface area contributed by atoms with E-state index in [1.807, 2.05) is 35.2 Å². The summed E-state index contributed by atoms with van der Waals surface area (Å²) in [5.74, 6) is 0.540. The van der Waals surface area contributed by atoms with Crippen LogP contribution in [-0.4, -0.2) is 35.9 Å². The summed E-state index contributed by atoms with van der Waals surface area (Å²) >= 11 is 1.73. The van der Waals surface area contributed by atoms with Gasteiger partial charge in [-0.05, 0) is 36.4 Å². The molecule has 0 N–H and O–H groups in total. The molecule has 0 atom stereocenters. The summed E-state index contributed by atoms with van der Waals surface area (Å²) in [4.78, 5) is 15.8. The average Bonchev–Trinajstić information content (AvgIpc) is 2.70. The zero-order valence-corrected chi connectivity index (χ0v) is 16.7. The van der Waals surface area contributed by atoms with Gasteiger partial charge in [-0.25, -0.2) is 0 Å². The van der Waals surface area contributed by atoms with Gasteiger partial charge in [-0.2, -0.15) is 0 Å². The molecule has 2 heterocycles. The van der Waals surface area contributed by atoms with Crippen molar-refractivity contribution in [3.8, 4) is 5.75 Å². The van der Waals surface area contributed by atoms with Crippen LogP contribution in [0.15, 0.2) is 47.4 Å². The van der Waals surface area contributed by atoms with E-state index in [1.54, 1.807) is 11.8 Å². The molecule has 0 saturated carbocycles. The molecule has 4 rings (SSSR count). The highest BCUT2D eigenvalue weighted by Crippen LogP contribution is 2.40. The number of benzene rings is 2. The number of carbonyl (C=O) groups is 1. The Morgan fingerprint density at radius 3 is 2.63 bits per heavy atom. The van der Waals surface area contributed by atoms with Crippen LogP contribution >= 0.6 is 11.8 Å². The minimum absolute atomic E-state index is 0.174. The van der Waals surface area contributed by atoms with Crippen molar-refractivity contribution >= 4 is 17.7 Å². The highest BCUT2D eigenvalue weighted by atomic mass is 32.2. The van der Waals surface area contributed by atoms with Crippen molar-refractivity contribution in [2.75, 3.05) is 19.3 Å². The Labute approximate surface area is 164 Å². The second-order valence-electron chi connectivity index (χ2n) is 7.28. The molecular formula is C22H25NO3S. The summed E-state index contributed by atoms with van der Waals surface area (Å²) < 4.78 is 12.5. The van der Waals surface area contributed by atoms with Crippen LogP contribution in [0, 0.1) is 6.92 Å². The van der Waals surface area contributed by atoms with Crippen molar-refractivity contribution in [3.63, 3.8) is 0 Å². The fraction of sp³-hybridized carbons (Fsp3) is 0.409. The first-order chi connectivity index (χ1) is 13.1. The summed E-state index contributed by atoms with van der Waals surface area (Å²) in [5.41, 5.74) is 3.33. The number of ether oxygens (including phenoxy) is 2. The Morgan fingerprint density at radius 1 is 1.19 bits per heavy atom. The van der Waals surface area contributed by atoms with Gasteiger partial charge < -0.3 is 14.4 Å². The van der Waals surface area contributed by atoms with Crippen molar-refractivity contribution in [1.82, 2.24) is 4.90 Å². The zero-order valence-electron chi connectivity index (χ0n) is 15.9. The molecule has 1 spiro atoms. The summed E-state index contributed by atoms with van der Waals surface area (Å²) in [6.07, 6.45) is 3.94. The Kier molecular flexibility index (Phi) is 5.15. The van der Waals surface area contributed by atoms with Gasteiger partial charge in [0.05, 0.1) is 13.0 Å². The summed E-state index contributed by atoms with van der Waals surface area (Å²) in [7, 11) is 0. The van der Waals surface area contributed by atoms with Gasteiger partial charge in [-0.15, -0.1) is 11.8 Å². The molecule has 142 valence electrons. The number of nitrogens with zero attached hydrogens (tertiary/aromatic N) is 1. The number of hydrogen-bond acceptors (Lipinski definition) is 4. The van der Waals surface area contributed by atoms with E-state index in [1.165, 1.54) is 4.90 Å². The predicted octanol–water partition coefficient (Wildman–Crippen LogP) is 4.19. The second kappa shape index (κ2) is 7.56. The Bertz CT molecular complexity index is 829. The summed E-state index contributed by atoms with van der Waals surface area (Å²) in [6, 6.07) is 14.2. The maximum atomic E-state index is 12.6. The number of carbonyl (C=O) groups excluding carboxylic acids is 1. The quantitative estimate of drug-likeness (QED) is 0.745. The van der Waals surface area contributed by atoms with Gasteiger partial charge in [0.1, 0.15) is 5.75 Å². The smallest absolute Gasteiger partial charge is 0.226 e. The van der Waals surface area contributed by atoms with Crippen LogP contribution < -0.4 is 4.74 Å². The number of amides is 1. The molecule has 0 bridgehead atoms. The molecule has 2 aliphatic heterocycles. The Balaban J connectivity index is 1.41. The largest absolute Gasteiger partial charge is 0.462 e. The fourth-order valence-electron chi connectivity index (χ4n) is 3.83. The minimum atomic E-state index is -0.595. The van der Waals surface area contributed by atoms with Crippen molar-refractivity contribution in [2.45, 2.75) is 43.5 Å². The number of fused-ring (bicyclic) bond motifs is 1. The third-order valence-electron chi connectivity index (χ3n) is 5.42. The maximum Gasteiger partial charge on any atom is 0.226 e. The molecule has 1 amide bonds. The van der Waals surface area contributed by atoms with Crippen molar-refractivity contribution < 1.29 is 14.3 Å². The lowest BCUT2D eigenvalue weighted by atomic mass is 9.99. The lowest BCUT2D eigenvalue weighted by Gasteiger charge is -2.44. The highest BCUT2D eigenvalue weighted by Gasteiger charge is 2.42. The van der Waals surface area contributed by atoms with E-state index in [0.717, 1.165) is 22.4 Å². The van der Waals surface area contributed by atoms with Gasteiger partial charge in [0, 0.05) is 36.4 Å². The molecular weight excluding hydrogens is 358 g/mol. The van der Waals surface area contributed by atoms with Crippen LogP contribution in [0.2, 0.25) is 0 Å². The molecule has 2 aromatic rings.